The average Bonchev–Trinajstić information content (AvgIpc) is 2.98. The van der Waals surface area contributed by atoms with Crippen molar-refractivity contribution in [1.82, 2.24) is 4.98 Å². The largest absolute Gasteiger partial charge is 0.476 e. The monoisotopic (exact) mass is 266 g/mol. The van der Waals surface area contributed by atoms with Crippen molar-refractivity contribution >= 4 is 23.3 Å². The van der Waals surface area contributed by atoms with Gasteiger partial charge in [0.1, 0.15) is 6.26 Å². The highest BCUT2D eigenvalue weighted by Gasteiger charge is 2.22. The highest BCUT2D eigenvalue weighted by Crippen LogP contribution is 2.27. The molecule has 0 radical (unpaired) electrons. The van der Waals surface area contributed by atoms with Gasteiger partial charge >= 0.3 is 5.97 Å². The zero-order chi connectivity index (χ0) is 13.2. The van der Waals surface area contributed by atoms with E-state index in [2.05, 4.69) is 30.2 Å². The number of aromatic carboxylic acids is 1. The van der Waals surface area contributed by atoms with E-state index in [1.165, 1.54) is 4.88 Å². The van der Waals surface area contributed by atoms with Crippen LogP contribution in [-0.4, -0.2) is 22.6 Å². The summed E-state index contributed by atoms with van der Waals surface area (Å²) < 4.78 is 5.04. The average molecular weight is 266 g/mol. The Morgan fingerprint density at radius 2 is 2.39 bits per heavy atom. The predicted octanol–water partition coefficient (Wildman–Crippen LogP) is 2.82. The minimum atomic E-state index is -1.09. The maximum absolute atomic E-state index is 10.7. The normalized spacial score (nSPS) is 11.4. The quantitative estimate of drug-likeness (QED) is 0.870. The van der Waals surface area contributed by atoms with Gasteiger partial charge in [0.25, 0.3) is 6.01 Å². The van der Waals surface area contributed by atoms with Crippen LogP contribution in [0.3, 0.4) is 0 Å². The summed E-state index contributed by atoms with van der Waals surface area (Å²) in [5.41, 5.74) is -0.155. The first-order valence-corrected chi connectivity index (χ1v) is 6.34. The molecule has 2 aromatic heterocycles. The molecule has 0 atom stereocenters. The molecule has 2 N–H and O–H groups in total. The molecule has 0 saturated carbocycles. The van der Waals surface area contributed by atoms with Crippen LogP contribution < -0.4 is 5.32 Å². The number of rotatable bonds is 5. The van der Waals surface area contributed by atoms with E-state index in [0.717, 1.165) is 6.26 Å². The highest BCUT2D eigenvalue weighted by atomic mass is 32.1. The summed E-state index contributed by atoms with van der Waals surface area (Å²) in [5, 5.41) is 13.8. The minimum absolute atomic E-state index is 0.0635. The van der Waals surface area contributed by atoms with Crippen molar-refractivity contribution in [2.75, 3.05) is 11.9 Å². The van der Waals surface area contributed by atoms with Crippen molar-refractivity contribution in [2.45, 2.75) is 19.3 Å². The van der Waals surface area contributed by atoms with Crippen molar-refractivity contribution < 1.29 is 14.3 Å². The predicted molar refractivity (Wildman–Crippen MR) is 69.3 cm³/mol. The fraction of sp³-hybridized carbons (Fsp3) is 0.333. The first-order valence-electron chi connectivity index (χ1n) is 5.46. The molecule has 0 unspecified atom stereocenters. The van der Waals surface area contributed by atoms with Gasteiger partial charge in [-0.2, -0.15) is 4.98 Å². The van der Waals surface area contributed by atoms with E-state index in [0.29, 0.717) is 6.54 Å². The maximum Gasteiger partial charge on any atom is 0.357 e. The molecule has 0 aliphatic rings. The number of hydrogen-bond acceptors (Lipinski definition) is 5. The number of carboxylic acid groups (broad SMARTS) is 1. The lowest BCUT2D eigenvalue weighted by atomic mass is 9.91. The Balaban J connectivity index is 2.00. The number of anilines is 1. The van der Waals surface area contributed by atoms with Crippen molar-refractivity contribution in [2.24, 2.45) is 0 Å². The van der Waals surface area contributed by atoms with Gasteiger partial charge in [0.05, 0.1) is 0 Å². The number of aromatic nitrogens is 1. The smallest absolute Gasteiger partial charge is 0.357 e. The van der Waals surface area contributed by atoms with Gasteiger partial charge < -0.3 is 14.8 Å². The van der Waals surface area contributed by atoms with E-state index in [9.17, 15) is 4.79 Å². The molecular formula is C12H14N2O3S. The van der Waals surface area contributed by atoms with Crippen LogP contribution in [0.15, 0.2) is 28.2 Å². The molecule has 0 aromatic carbocycles. The molecule has 0 aliphatic carbocycles. The van der Waals surface area contributed by atoms with Crippen molar-refractivity contribution in [3.05, 3.63) is 34.3 Å². The summed E-state index contributed by atoms with van der Waals surface area (Å²) in [4.78, 5) is 15.7. The Labute approximate surface area is 108 Å². The lowest BCUT2D eigenvalue weighted by Crippen LogP contribution is -2.26. The summed E-state index contributed by atoms with van der Waals surface area (Å²) >= 11 is 1.69. The zero-order valence-corrected chi connectivity index (χ0v) is 11.0. The minimum Gasteiger partial charge on any atom is -0.476 e. The van der Waals surface area contributed by atoms with Gasteiger partial charge in [-0.3, -0.25) is 0 Å². The van der Waals surface area contributed by atoms with Crippen LogP contribution in [0.1, 0.15) is 29.2 Å². The van der Waals surface area contributed by atoms with Crippen LogP contribution in [0.4, 0.5) is 6.01 Å². The second kappa shape index (κ2) is 4.81. The van der Waals surface area contributed by atoms with Crippen LogP contribution in [0, 0.1) is 0 Å². The number of oxazole rings is 1. The maximum atomic E-state index is 10.7. The molecular weight excluding hydrogens is 252 g/mol. The standard InChI is InChI=1S/C12H14N2O3S/c1-12(2,9-4-3-5-18-9)7-13-11-14-8(6-17-11)10(15)16/h3-6H,7H2,1-2H3,(H,13,14)(H,15,16). The molecule has 5 nitrogen and oxygen atoms in total. The molecule has 2 rings (SSSR count). The van der Waals surface area contributed by atoms with E-state index in [4.69, 9.17) is 9.52 Å². The van der Waals surface area contributed by atoms with Gasteiger partial charge in [-0.25, -0.2) is 4.79 Å². The second-order valence-corrected chi connectivity index (χ2v) is 5.51. The molecule has 0 fully saturated rings. The molecule has 6 heteroatoms. The molecule has 0 bridgehead atoms. The van der Waals surface area contributed by atoms with Crippen molar-refractivity contribution in [3.8, 4) is 0 Å². The number of carboxylic acids is 1. The third-order valence-corrected chi connectivity index (χ3v) is 3.83. The topological polar surface area (TPSA) is 75.4 Å². The van der Waals surface area contributed by atoms with Crippen LogP contribution in [0.2, 0.25) is 0 Å². The van der Waals surface area contributed by atoms with E-state index in [-0.39, 0.29) is 17.1 Å². The lowest BCUT2D eigenvalue weighted by Gasteiger charge is -2.22. The molecule has 0 amide bonds. The summed E-state index contributed by atoms with van der Waals surface area (Å²) in [6.45, 7) is 4.83. The fourth-order valence-electron chi connectivity index (χ4n) is 1.50. The van der Waals surface area contributed by atoms with Gasteiger partial charge in [-0.1, -0.05) is 19.9 Å². The Morgan fingerprint density at radius 1 is 1.61 bits per heavy atom. The van der Waals surface area contributed by atoms with Crippen LogP contribution in [-0.2, 0) is 5.41 Å². The third-order valence-electron chi connectivity index (χ3n) is 2.59. The molecule has 0 aliphatic heterocycles. The summed E-state index contributed by atoms with van der Waals surface area (Å²) in [7, 11) is 0. The van der Waals surface area contributed by atoms with Crippen LogP contribution in [0.25, 0.3) is 0 Å². The summed E-state index contributed by atoms with van der Waals surface area (Å²) in [6.07, 6.45) is 1.13. The Morgan fingerprint density at radius 3 is 2.94 bits per heavy atom. The molecule has 18 heavy (non-hydrogen) atoms. The summed E-state index contributed by atoms with van der Waals surface area (Å²) in [6, 6.07) is 4.32. The van der Waals surface area contributed by atoms with E-state index < -0.39 is 5.97 Å². The third kappa shape index (κ3) is 2.70. The van der Waals surface area contributed by atoms with Crippen molar-refractivity contribution in [3.63, 3.8) is 0 Å². The molecule has 2 aromatic rings. The Kier molecular flexibility index (Phi) is 3.38. The number of thiophene rings is 1. The fourth-order valence-corrected chi connectivity index (χ4v) is 2.35. The molecule has 96 valence electrons. The number of carbonyl (C=O) groups is 1. The number of hydrogen-bond donors (Lipinski definition) is 2. The van der Waals surface area contributed by atoms with Gasteiger partial charge in [0, 0.05) is 16.8 Å². The van der Waals surface area contributed by atoms with Gasteiger partial charge in [0.2, 0.25) is 0 Å². The summed E-state index contributed by atoms with van der Waals surface area (Å²) in [5.74, 6) is -1.09. The first kappa shape index (κ1) is 12.6. The van der Waals surface area contributed by atoms with Crippen LogP contribution >= 0.6 is 11.3 Å². The van der Waals surface area contributed by atoms with Gasteiger partial charge in [-0.15, -0.1) is 11.3 Å². The van der Waals surface area contributed by atoms with Gasteiger partial charge in [0.15, 0.2) is 5.69 Å². The SMILES string of the molecule is CC(C)(CNc1nc(C(=O)O)co1)c1cccs1. The zero-order valence-electron chi connectivity index (χ0n) is 10.1. The molecule has 0 spiro atoms. The van der Waals surface area contributed by atoms with Gasteiger partial charge in [-0.05, 0) is 11.4 Å². The Bertz CT molecular complexity index is 531. The second-order valence-electron chi connectivity index (χ2n) is 4.56. The van der Waals surface area contributed by atoms with E-state index in [1.807, 2.05) is 11.4 Å². The molecule has 0 saturated heterocycles. The van der Waals surface area contributed by atoms with E-state index in [1.54, 1.807) is 11.3 Å². The van der Waals surface area contributed by atoms with Crippen LogP contribution in [0.5, 0.6) is 0 Å². The highest BCUT2D eigenvalue weighted by molar-refractivity contribution is 7.10. The lowest BCUT2D eigenvalue weighted by molar-refractivity contribution is 0.0690. The number of nitrogens with one attached hydrogen (secondary N) is 1. The molecule has 2 heterocycles. The van der Waals surface area contributed by atoms with Crippen molar-refractivity contribution in [1.29, 1.82) is 0 Å². The Hall–Kier alpha value is -1.82. The number of nitrogens with zero attached hydrogens (tertiary/aromatic N) is 1. The van der Waals surface area contributed by atoms with E-state index >= 15 is 0 Å². The first-order chi connectivity index (χ1) is 8.49.